The number of piperazine rings is 1. The van der Waals surface area contributed by atoms with Gasteiger partial charge < -0.3 is 10.2 Å². The minimum absolute atomic E-state index is 0. The van der Waals surface area contributed by atoms with Crippen molar-refractivity contribution >= 4 is 60.7 Å². The molecule has 3 aromatic carbocycles. The summed E-state index contributed by atoms with van der Waals surface area (Å²) in [5.74, 6) is -0.199. The monoisotopic (exact) mass is 611 g/mol. The molecule has 2 aliphatic heterocycles. The van der Waals surface area contributed by atoms with E-state index in [1.54, 1.807) is 23.5 Å². The van der Waals surface area contributed by atoms with Crippen molar-refractivity contribution in [3.05, 3.63) is 83.4 Å². The molecular weight excluding hydrogens is 578 g/mol. The number of carbonyl (C=O) groups is 1. The molecule has 1 aromatic heterocycles. The van der Waals surface area contributed by atoms with Crippen LogP contribution in [0.4, 0.5) is 10.8 Å². The minimum atomic E-state index is -3.67. The number of halogens is 1. The highest BCUT2D eigenvalue weighted by molar-refractivity contribution is 7.92. The molecule has 11 heteroatoms. The second-order valence-electron chi connectivity index (χ2n) is 10.2. The standard InChI is InChI=1S/C30H33N5O3S2.ClH/c1-2-22-7-5-9-27-28(22)32-30(39-27)34-20-18-33(19-21-34)17-15-31-29(36)24-10-12-25(13-11-24)40(37,38)35-16-14-23-6-3-4-8-26(23)35;/h3-13H,2,14-21H2,1H3,(H,31,36);1H. The third kappa shape index (κ3) is 5.92. The molecule has 41 heavy (non-hydrogen) atoms. The van der Waals surface area contributed by atoms with Crippen LogP contribution in [0, 0.1) is 0 Å². The fraction of sp³-hybridized carbons (Fsp3) is 0.333. The third-order valence-corrected chi connectivity index (χ3v) is 10.7. The zero-order chi connectivity index (χ0) is 27.7. The molecule has 0 spiro atoms. The van der Waals surface area contributed by atoms with Gasteiger partial charge in [0.2, 0.25) is 0 Å². The third-order valence-electron chi connectivity index (χ3n) is 7.78. The Bertz CT molecular complexity index is 1630. The topological polar surface area (TPSA) is 85.8 Å². The van der Waals surface area contributed by atoms with E-state index >= 15 is 0 Å². The number of hydrogen-bond donors (Lipinski definition) is 1. The van der Waals surface area contributed by atoms with Crippen LogP contribution in [0.3, 0.4) is 0 Å². The van der Waals surface area contributed by atoms with Crippen LogP contribution in [0.5, 0.6) is 0 Å². The van der Waals surface area contributed by atoms with E-state index in [9.17, 15) is 13.2 Å². The number of benzene rings is 3. The number of nitrogens with one attached hydrogen (secondary N) is 1. The van der Waals surface area contributed by atoms with Crippen molar-refractivity contribution < 1.29 is 13.2 Å². The van der Waals surface area contributed by atoms with Gasteiger partial charge >= 0.3 is 0 Å². The van der Waals surface area contributed by atoms with Crippen LogP contribution in [0.1, 0.15) is 28.4 Å². The van der Waals surface area contributed by atoms with Gasteiger partial charge in [-0.2, -0.15) is 0 Å². The Balaban J connectivity index is 0.00000337. The summed E-state index contributed by atoms with van der Waals surface area (Å²) < 4.78 is 29.1. The number of hydrogen-bond acceptors (Lipinski definition) is 7. The van der Waals surface area contributed by atoms with Gasteiger partial charge in [0.25, 0.3) is 15.9 Å². The zero-order valence-electron chi connectivity index (χ0n) is 23.0. The Morgan fingerprint density at radius 1 is 0.951 bits per heavy atom. The largest absolute Gasteiger partial charge is 0.351 e. The molecule has 0 unspecified atom stereocenters. The summed E-state index contributed by atoms with van der Waals surface area (Å²) in [6.07, 6.45) is 1.68. The van der Waals surface area contributed by atoms with Crippen molar-refractivity contribution in [3.8, 4) is 0 Å². The normalized spacial score (nSPS) is 15.5. The van der Waals surface area contributed by atoms with E-state index in [1.165, 1.54) is 26.7 Å². The molecule has 1 fully saturated rings. The highest BCUT2D eigenvalue weighted by Crippen LogP contribution is 2.33. The molecule has 6 rings (SSSR count). The van der Waals surface area contributed by atoms with Crippen LogP contribution in [0.25, 0.3) is 10.2 Å². The summed E-state index contributed by atoms with van der Waals surface area (Å²) >= 11 is 1.76. The SMILES string of the molecule is CCc1cccc2sc(N3CCN(CCNC(=O)c4ccc(S(=O)(=O)N5CCc6ccccc65)cc4)CC3)nc12.Cl. The molecule has 0 radical (unpaired) electrons. The first-order valence-corrected chi connectivity index (χ1v) is 16.0. The van der Waals surface area contributed by atoms with Gasteiger partial charge in [-0.15, -0.1) is 12.4 Å². The predicted octanol–water partition coefficient (Wildman–Crippen LogP) is 4.58. The summed E-state index contributed by atoms with van der Waals surface area (Å²) in [6.45, 7) is 7.54. The van der Waals surface area contributed by atoms with Crippen LogP contribution in [-0.4, -0.2) is 70.0 Å². The smallest absolute Gasteiger partial charge is 0.264 e. The highest BCUT2D eigenvalue weighted by atomic mass is 35.5. The summed E-state index contributed by atoms with van der Waals surface area (Å²) in [4.78, 5) is 22.6. The lowest BCUT2D eigenvalue weighted by atomic mass is 10.1. The number of nitrogens with zero attached hydrogens (tertiary/aromatic N) is 4. The average molecular weight is 612 g/mol. The van der Waals surface area contributed by atoms with Gasteiger partial charge in [0, 0.05) is 51.4 Å². The molecule has 8 nitrogen and oxygen atoms in total. The Hall–Kier alpha value is -3.18. The van der Waals surface area contributed by atoms with Gasteiger partial charge in [-0.3, -0.25) is 14.0 Å². The molecule has 0 bridgehead atoms. The van der Waals surface area contributed by atoms with E-state index in [4.69, 9.17) is 4.98 Å². The average Bonchev–Trinajstić information content (AvgIpc) is 3.63. The molecule has 0 atom stereocenters. The Morgan fingerprint density at radius 3 is 2.46 bits per heavy atom. The molecule has 1 N–H and O–H groups in total. The number of carbonyl (C=O) groups excluding carboxylic acids is 1. The van der Waals surface area contributed by atoms with Gasteiger partial charge in [0.15, 0.2) is 5.13 Å². The first-order chi connectivity index (χ1) is 19.4. The van der Waals surface area contributed by atoms with E-state index in [0.717, 1.165) is 61.0 Å². The number of thiazole rings is 1. The molecule has 4 aromatic rings. The number of rotatable bonds is 8. The van der Waals surface area contributed by atoms with Crippen molar-refractivity contribution in [1.29, 1.82) is 0 Å². The van der Waals surface area contributed by atoms with Crippen molar-refractivity contribution in [2.24, 2.45) is 0 Å². The van der Waals surface area contributed by atoms with Crippen molar-refractivity contribution in [1.82, 2.24) is 15.2 Å². The van der Waals surface area contributed by atoms with Crippen molar-refractivity contribution in [2.45, 2.75) is 24.7 Å². The van der Waals surface area contributed by atoms with Gasteiger partial charge in [0.05, 0.1) is 20.8 Å². The Labute approximate surface area is 251 Å². The van der Waals surface area contributed by atoms with E-state index in [-0.39, 0.29) is 23.2 Å². The Kier molecular flexibility index (Phi) is 8.84. The highest BCUT2D eigenvalue weighted by Gasteiger charge is 2.30. The number of sulfonamides is 1. The number of para-hydroxylation sites is 2. The van der Waals surface area contributed by atoms with Crippen LogP contribution in [-0.2, 0) is 22.9 Å². The summed E-state index contributed by atoms with van der Waals surface area (Å²) in [5, 5.41) is 4.07. The van der Waals surface area contributed by atoms with Crippen LogP contribution in [0.15, 0.2) is 71.6 Å². The molecule has 216 valence electrons. The number of fused-ring (bicyclic) bond motifs is 2. The molecule has 0 saturated carbocycles. The van der Waals surface area contributed by atoms with E-state index in [2.05, 4.69) is 40.2 Å². The lowest BCUT2D eigenvalue weighted by molar-refractivity contribution is 0.0947. The molecule has 1 amide bonds. The van der Waals surface area contributed by atoms with Crippen molar-refractivity contribution in [2.75, 3.05) is 55.0 Å². The predicted molar refractivity (Wildman–Crippen MR) is 168 cm³/mol. The first-order valence-electron chi connectivity index (χ1n) is 13.8. The maximum Gasteiger partial charge on any atom is 0.264 e. The maximum atomic E-state index is 13.2. The van der Waals surface area contributed by atoms with Crippen molar-refractivity contribution in [3.63, 3.8) is 0 Å². The van der Waals surface area contributed by atoms with Crippen LogP contribution in [0.2, 0.25) is 0 Å². The fourth-order valence-electron chi connectivity index (χ4n) is 5.47. The lowest BCUT2D eigenvalue weighted by Crippen LogP contribution is -2.48. The first kappa shape index (κ1) is 29.3. The Morgan fingerprint density at radius 2 is 1.71 bits per heavy atom. The number of anilines is 2. The summed E-state index contributed by atoms with van der Waals surface area (Å²) in [6, 6.07) is 20.2. The fourth-order valence-corrected chi connectivity index (χ4v) is 8.04. The maximum absolute atomic E-state index is 13.2. The quantitative estimate of drug-likeness (QED) is 0.314. The zero-order valence-corrected chi connectivity index (χ0v) is 25.4. The molecule has 0 aliphatic carbocycles. The second kappa shape index (κ2) is 12.4. The lowest BCUT2D eigenvalue weighted by Gasteiger charge is -2.34. The second-order valence-corrected chi connectivity index (χ2v) is 13.1. The van der Waals surface area contributed by atoms with E-state index in [1.807, 2.05) is 24.3 Å². The van der Waals surface area contributed by atoms with E-state index in [0.29, 0.717) is 25.1 Å². The number of aromatic nitrogens is 1. The van der Waals surface area contributed by atoms with Gasteiger partial charge in [-0.05, 0) is 60.4 Å². The molecule has 3 heterocycles. The van der Waals surface area contributed by atoms with Gasteiger partial charge in [-0.1, -0.05) is 48.6 Å². The molecule has 1 saturated heterocycles. The number of aryl methyl sites for hydroxylation is 1. The summed E-state index contributed by atoms with van der Waals surface area (Å²) in [5.41, 5.74) is 4.64. The van der Waals surface area contributed by atoms with E-state index < -0.39 is 10.0 Å². The number of amides is 1. The molecular formula is C30H34ClN5O3S2. The summed E-state index contributed by atoms with van der Waals surface area (Å²) in [7, 11) is -3.67. The minimum Gasteiger partial charge on any atom is -0.351 e. The van der Waals surface area contributed by atoms with Crippen LogP contribution >= 0.6 is 23.7 Å². The van der Waals surface area contributed by atoms with Crippen LogP contribution < -0.4 is 14.5 Å². The molecule has 2 aliphatic rings. The van der Waals surface area contributed by atoms with Gasteiger partial charge in [-0.25, -0.2) is 13.4 Å². The van der Waals surface area contributed by atoms with Gasteiger partial charge in [0.1, 0.15) is 0 Å².